The van der Waals surface area contributed by atoms with Gasteiger partial charge < -0.3 is 16.8 Å². The number of carbonyl (C=O) groups is 1. The van der Waals surface area contributed by atoms with Crippen LogP contribution in [0.3, 0.4) is 0 Å². The fourth-order valence-corrected chi connectivity index (χ4v) is 3.97. The number of rotatable bonds is 3. The normalized spacial score (nSPS) is 16.0. The zero-order chi connectivity index (χ0) is 23.3. The Morgan fingerprint density at radius 1 is 1.18 bits per heavy atom. The summed E-state index contributed by atoms with van der Waals surface area (Å²) in [5.74, 6) is 1.38. The van der Waals surface area contributed by atoms with Gasteiger partial charge in [-0.15, -0.1) is 0 Å². The van der Waals surface area contributed by atoms with E-state index < -0.39 is 0 Å². The molecule has 1 aromatic carbocycles. The lowest BCUT2D eigenvalue weighted by Gasteiger charge is -2.16. The molecule has 5 rings (SSSR count). The third kappa shape index (κ3) is 3.70. The Morgan fingerprint density at radius 3 is 2.82 bits per heavy atom. The molecule has 1 atom stereocenters. The zero-order valence-corrected chi connectivity index (χ0v) is 18.5. The Bertz CT molecular complexity index is 1400. The lowest BCUT2D eigenvalue weighted by atomic mass is 10.0. The van der Waals surface area contributed by atoms with E-state index in [0.717, 1.165) is 33.3 Å². The molecule has 1 amide bonds. The minimum absolute atomic E-state index is 0.105. The number of amides is 1. The molecule has 168 valence electrons. The average molecular weight is 444 g/mol. The summed E-state index contributed by atoms with van der Waals surface area (Å²) in [6.07, 6.45) is 1.37. The molecule has 10 heteroatoms. The van der Waals surface area contributed by atoms with E-state index in [1.807, 2.05) is 50.2 Å². The minimum Gasteiger partial charge on any atom is -0.398 e. The topological polar surface area (TPSA) is 137 Å². The fourth-order valence-electron chi connectivity index (χ4n) is 3.97. The molecule has 3 aromatic heterocycles. The van der Waals surface area contributed by atoms with Crippen molar-refractivity contribution < 1.29 is 9.63 Å². The first-order valence-corrected chi connectivity index (χ1v) is 10.5. The molecule has 0 spiro atoms. The highest BCUT2D eigenvalue weighted by Crippen LogP contribution is 2.32. The van der Waals surface area contributed by atoms with Crippen molar-refractivity contribution >= 4 is 39.8 Å². The van der Waals surface area contributed by atoms with E-state index in [9.17, 15) is 4.79 Å². The highest BCUT2D eigenvalue weighted by molar-refractivity contribution is 5.95. The molecule has 33 heavy (non-hydrogen) atoms. The molecule has 0 radical (unpaired) electrons. The van der Waals surface area contributed by atoms with Crippen LogP contribution in [-0.4, -0.2) is 37.8 Å². The van der Waals surface area contributed by atoms with Gasteiger partial charge in [0, 0.05) is 35.9 Å². The number of hydroxylamine groups is 2. The summed E-state index contributed by atoms with van der Waals surface area (Å²) in [4.78, 5) is 26.8. The van der Waals surface area contributed by atoms with Gasteiger partial charge in [-0.05, 0) is 43.0 Å². The van der Waals surface area contributed by atoms with Crippen molar-refractivity contribution in [3.05, 3.63) is 53.9 Å². The number of nitrogens with two attached hydrogens (primary N) is 2. The van der Waals surface area contributed by atoms with E-state index in [1.165, 1.54) is 5.06 Å². The van der Waals surface area contributed by atoms with Crippen LogP contribution in [0.5, 0.6) is 0 Å². The van der Waals surface area contributed by atoms with Crippen LogP contribution in [0, 0.1) is 6.92 Å². The van der Waals surface area contributed by atoms with Crippen LogP contribution in [0.1, 0.15) is 24.3 Å². The molecule has 1 aliphatic rings. The summed E-state index contributed by atoms with van der Waals surface area (Å²) >= 11 is 0. The van der Waals surface area contributed by atoms with Gasteiger partial charge >= 0.3 is 0 Å². The van der Waals surface area contributed by atoms with E-state index in [2.05, 4.69) is 20.4 Å². The number of likely N-dealkylation sites (N-methyl/N-ethyl adjacent to an activating group) is 1. The fraction of sp³-hybridized carbons (Fsp3) is 0.217. The van der Waals surface area contributed by atoms with Gasteiger partial charge in [0.2, 0.25) is 0 Å². The van der Waals surface area contributed by atoms with Crippen LogP contribution in [-0.2, 0) is 16.2 Å². The summed E-state index contributed by atoms with van der Waals surface area (Å²) in [6, 6.07) is 11.4. The molecule has 0 fully saturated rings. The summed E-state index contributed by atoms with van der Waals surface area (Å²) in [7, 11) is 1.60. The number of hydrogen-bond acceptors (Lipinski definition) is 8. The first-order valence-electron chi connectivity index (χ1n) is 10.5. The van der Waals surface area contributed by atoms with Crippen LogP contribution in [0.15, 0.2) is 42.6 Å². The molecule has 4 aromatic rings. The molecule has 0 saturated heterocycles. The Kier molecular flexibility index (Phi) is 4.86. The van der Waals surface area contributed by atoms with Gasteiger partial charge in [-0.25, -0.2) is 15.0 Å². The molecule has 5 N–H and O–H groups in total. The van der Waals surface area contributed by atoms with Gasteiger partial charge in [0.1, 0.15) is 24.3 Å². The Labute approximate surface area is 190 Å². The number of anilines is 4. The van der Waals surface area contributed by atoms with Crippen molar-refractivity contribution in [1.29, 1.82) is 0 Å². The van der Waals surface area contributed by atoms with Crippen molar-refractivity contribution in [2.75, 3.05) is 23.8 Å². The number of aromatic nitrogens is 4. The third-order valence-electron chi connectivity index (χ3n) is 5.83. The largest absolute Gasteiger partial charge is 0.398 e. The number of nitrogens with zero attached hydrogens (tertiary/aromatic N) is 5. The van der Waals surface area contributed by atoms with E-state index in [-0.39, 0.29) is 18.6 Å². The second kappa shape index (κ2) is 7.75. The van der Waals surface area contributed by atoms with Gasteiger partial charge in [-0.1, -0.05) is 12.1 Å². The van der Waals surface area contributed by atoms with Crippen molar-refractivity contribution in [3.8, 4) is 11.3 Å². The van der Waals surface area contributed by atoms with Crippen LogP contribution in [0.4, 0.5) is 23.1 Å². The second-order valence-electron chi connectivity index (χ2n) is 8.08. The first kappa shape index (κ1) is 20.7. The molecular formula is C23H24N8O2. The Balaban J connectivity index is 1.50. The van der Waals surface area contributed by atoms with Gasteiger partial charge in [0.05, 0.1) is 11.4 Å². The van der Waals surface area contributed by atoms with Gasteiger partial charge in [-0.2, -0.15) is 5.10 Å². The lowest BCUT2D eigenvalue weighted by Crippen LogP contribution is -2.28. The summed E-state index contributed by atoms with van der Waals surface area (Å²) < 4.78 is 1.64. The predicted molar refractivity (Wildman–Crippen MR) is 126 cm³/mol. The summed E-state index contributed by atoms with van der Waals surface area (Å²) in [6.45, 7) is 3.94. The van der Waals surface area contributed by atoms with Gasteiger partial charge in [0.15, 0.2) is 5.82 Å². The number of carbonyl (C=O) groups excluding carboxylic acids is 1. The number of pyridine rings is 2. The first-order chi connectivity index (χ1) is 15.8. The highest BCUT2D eigenvalue weighted by Gasteiger charge is 2.25. The van der Waals surface area contributed by atoms with Gasteiger partial charge in [0.25, 0.3) is 5.91 Å². The highest BCUT2D eigenvalue weighted by atomic mass is 16.7. The Morgan fingerprint density at radius 2 is 2.00 bits per heavy atom. The number of nitrogen functional groups attached to an aromatic ring is 2. The van der Waals surface area contributed by atoms with Crippen molar-refractivity contribution in [2.45, 2.75) is 26.5 Å². The van der Waals surface area contributed by atoms with Crippen LogP contribution >= 0.6 is 0 Å². The van der Waals surface area contributed by atoms with Gasteiger partial charge in [-0.3, -0.25) is 14.3 Å². The molecule has 4 heterocycles. The van der Waals surface area contributed by atoms with E-state index in [4.69, 9.17) is 16.3 Å². The molecule has 0 aliphatic carbocycles. The molecule has 10 nitrogen and oxygen atoms in total. The third-order valence-corrected chi connectivity index (χ3v) is 5.83. The van der Waals surface area contributed by atoms with Crippen molar-refractivity contribution in [1.82, 2.24) is 24.8 Å². The SMILES string of the molecule is Cc1c(N)cccc1-c1cc2cc(Nc3cc4n(n3)CC(=O)N(C)O[C@H]4C)ncc2c(N)n1. The second-order valence-corrected chi connectivity index (χ2v) is 8.08. The van der Waals surface area contributed by atoms with E-state index in [0.29, 0.717) is 23.1 Å². The van der Waals surface area contributed by atoms with Crippen LogP contribution < -0.4 is 16.8 Å². The predicted octanol–water partition coefficient (Wildman–Crippen LogP) is 3.17. The number of fused-ring (bicyclic) bond motifs is 2. The van der Waals surface area contributed by atoms with Crippen LogP contribution in [0.25, 0.3) is 22.0 Å². The molecule has 0 saturated carbocycles. The van der Waals surface area contributed by atoms with E-state index in [1.54, 1.807) is 17.9 Å². The quantitative estimate of drug-likeness (QED) is 0.410. The number of hydrogen-bond donors (Lipinski definition) is 3. The minimum atomic E-state index is -0.316. The molecule has 0 unspecified atom stereocenters. The van der Waals surface area contributed by atoms with E-state index >= 15 is 0 Å². The van der Waals surface area contributed by atoms with Crippen molar-refractivity contribution in [2.24, 2.45) is 0 Å². The number of benzene rings is 1. The summed E-state index contributed by atoms with van der Waals surface area (Å²) in [5.41, 5.74) is 16.4. The Hall–Kier alpha value is -4.18. The summed E-state index contributed by atoms with van der Waals surface area (Å²) in [5, 5.41) is 10.6. The maximum Gasteiger partial charge on any atom is 0.267 e. The maximum atomic E-state index is 12.1. The zero-order valence-electron chi connectivity index (χ0n) is 18.5. The maximum absolute atomic E-state index is 12.1. The van der Waals surface area contributed by atoms with Crippen molar-refractivity contribution in [3.63, 3.8) is 0 Å². The average Bonchev–Trinajstić information content (AvgIpc) is 3.13. The monoisotopic (exact) mass is 444 g/mol. The lowest BCUT2D eigenvalue weighted by molar-refractivity contribution is -0.192. The van der Waals surface area contributed by atoms with Crippen LogP contribution in [0.2, 0.25) is 0 Å². The molecule has 0 bridgehead atoms. The smallest absolute Gasteiger partial charge is 0.267 e. The standard InChI is InChI=1S/C23H24N8O2/c1-12-15(5-4-6-17(12)24)18-7-14-8-20(26-10-16(14)23(25)27-18)28-21-9-19-13(2)33-30(3)22(32)11-31(19)29-21/h4-10,13H,11,24H2,1-3H3,(H2,25,27)(H,26,28,29)/t13-/m0/s1. The number of nitrogens with one attached hydrogen (secondary N) is 1. The molecule has 1 aliphatic heterocycles. The molecular weight excluding hydrogens is 420 g/mol.